The molecule has 0 aliphatic heterocycles. The van der Waals surface area contributed by atoms with Crippen molar-refractivity contribution < 1.29 is 13.2 Å². The van der Waals surface area contributed by atoms with Crippen LogP contribution in [-0.4, -0.2) is 9.55 Å². The van der Waals surface area contributed by atoms with Crippen molar-refractivity contribution in [2.75, 3.05) is 5.32 Å². The average molecular weight is 414 g/mol. The summed E-state index contributed by atoms with van der Waals surface area (Å²) in [6, 6.07) is 13.5. The first-order valence-corrected chi connectivity index (χ1v) is 8.45. The normalized spacial score (nSPS) is 11.4. The summed E-state index contributed by atoms with van der Waals surface area (Å²) < 4.78 is 40.4. The third kappa shape index (κ3) is 4.61. The Morgan fingerprint density at radius 3 is 2.33 bits per heavy atom. The van der Waals surface area contributed by atoms with E-state index in [1.165, 1.54) is 0 Å². The van der Waals surface area contributed by atoms with E-state index in [4.69, 9.17) is 23.2 Å². The fourth-order valence-electron chi connectivity index (χ4n) is 2.35. The summed E-state index contributed by atoms with van der Waals surface area (Å²) in [6.45, 7) is 0.00786. The molecule has 0 fully saturated rings. The lowest BCUT2D eigenvalue weighted by molar-refractivity contribution is -0.141. The standard InChI is InChI=1S/C18H12Cl2F3N3O/c19-12-7-5-11(6-8-12)10-26-16(27)9-15(18(21,22)23)25-17(26)24-14-4-2-1-3-13(14)20/h1-9H,10H2,(H,24,25). The molecule has 3 rings (SSSR count). The second-order valence-electron chi connectivity index (χ2n) is 5.62. The summed E-state index contributed by atoms with van der Waals surface area (Å²) in [5.41, 5.74) is -1.13. The molecule has 0 saturated carbocycles. The highest BCUT2D eigenvalue weighted by atomic mass is 35.5. The van der Waals surface area contributed by atoms with Gasteiger partial charge in [-0.3, -0.25) is 9.36 Å². The number of alkyl halides is 3. The van der Waals surface area contributed by atoms with E-state index in [0.717, 1.165) is 4.57 Å². The first-order valence-electron chi connectivity index (χ1n) is 7.69. The first-order chi connectivity index (χ1) is 12.7. The minimum atomic E-state index is -4.75. The van der Waals surface area contributed by atoms with E-state index in [2.05, 4.69) is 10.3 Å². The maximum Gasteiger partial charge on any atom is 0.433 e. The van der Waals surface area contributed by atoms with E-state index in [-0.39, 0.29) is 17.5 Å². The van der Waals surface area contributed by atoms with Crippen molar-refractivity contribution in [3.63, 3.8) is 0 Å². The maximum absolute atomic E-state index is 13.1. The Morgan fingerprint density at radius 1 is 1.04 bits per heavy atom. The number of nitrogens with one attached hydrogen (secondary N) is 1. The number of halogens is 5. The van der Waals surface area contributed by atoms with Crippen LogP contribution >= 0.6 is 23.2 Å². The molecule has 140 valence electrons. The molecule has 0 unspecified atom stereocenters. The molecule has 0 amide bonds. The van der Waals surface area contributed by atoms with Gasteiger partial charge in [0.25, 0.3) is 5.56 Å². The molecule has 4 nitrogen and oxygen atoms in total. The fraction of sp³-hybridized carbons (Fsp3) is 0.111. The molecule has 3 aromatic rings. The monoisotopic (exact) mass is 413 g/mol. The van der Waals surface area contributed by atoms with Gasteiger partial charge in [-0.15, -0.1) is 0 Å². The fourth-order valence-corrected chi connectivity index (χ4v) is 2.66. The van der Waals surface area contributed by atoms with E-state index < -0.39 is 17.4 Å². The molecule has 0 atom stereocenters. The van der Waals surface area contributed by atoms with E-state index in [9.17, 15) is 18.0 Å². The lowest BCUT2D eigenvalue weighted by atomic mass is 10.2. The van der Waals surface area contributed by atoms with Crippen molar-refractivity contribution in [1.29, 1.82) is 0 Å². The van der Waals surface area contributed by atoms with Gasteiger partial charge in [-0.25, -0.2) is 4.98 Å². The van der Waals surface area contributed by atoms with E-state index in [1.807, 2.05) is 0 Å². The summed E-state index contributed by atoms with van der Waals surface area (Å²) in [7, 11) is 0. The van der Waals surface area contributed by atoms with E-state index >= 15 is 0 Å². The van der Waals surface area contributed by atoms with Crippen LogP contribution in [-0.2, 0) is 12.7 Å². The predicted molar refractivity (Wildman–Crippen MR) is 98.8 cm³/mol. The smallest absolute Gasteiger partial charge is 0.324 e. The van der Waals surface area contributed by atoms with Crippen LogP contribution in [0.3, 0.4) is 0 Å². The van der Waals surface area contributed by atoms with Gasteiger partial charge in [0, 0.05) is 11.1 Å². The van der Waals surface area contributed by atoms with Gasteiger partial charge in [0.2, 0.25) is 5.95 Å². The predicted octanol–water partition coefficient (Wildman–Crippen LogP) is 5.36. The van der Waals surface area contributed by atoms with Gasteiger partial charge in [0.15, 0.2) is 5.69 Å². The van der Waals surface area contributed by atoms with E-state index in [1.54, 1.807) is 48.5 Å². The minimum absolute atomic E-state index is 0.00786. The Balaban J connectivity index is 2.09. The van der Waals surface area contributed by atoms with Crippen LogP contribution < -0.4 is 10.9 Å². The summed E-state index contributed by atoms with van der Waals surface area (Å²) in [6.07, 6.45) is -4.75. The van der Waals surface area contributed by atoms with Crippen LogP contribution in [0.5, 0.6) is 0 Å². The van der Waals surface area contributed by atoms with Gasteiger partial charge in [0.1, 0.15) is 0 Å². The van der Waals surface area contributed by atoms with Crippen LogP contribution in [0.25, 0.3) is 0 Å². The van der Waals surface area contributed by atoms with Crippen molar-refractivity contribution in [1.82, 2.24) is 9.55 Å². The molecule has 1 aromatic heterocycles. The molecule has 0 saturated heterocycles. The SMILES string of the molecule is O=c1cc(C(F)(F)F)nc(Nc2ccccc2Cl)n1Cc1ccc(Cl)cc1. The molecule has 0 aliphatic rings. The summed E-state index contributed by atoms with van der Waals surface area (Å²) in [5.74, 6) is -0.266. The molecule has 2 aromatic carbocycles. The Labute approximate surface area is 162 Å². The Morgan fingerprint density at radius 2 is 1.70 bits per heavy atom. The Bertz CT molecular complexity index is 1020. The molecule has 0 spiro atoms. The molecular formula is C18H12Cl2F3N3O. The van der Waals surface area contributed by atoms with Crippen LogP contribution in [0.1, 0.15) is 11.3 Å². The Hall–Kier alpha value is -2.51. The zero-order valence-corrected chi connectivity index (χ0v) is 15.1. The van der Waals surface area contributed by atoms with Gasteiger partial charge in [-0.1, -0.05) is 47.5 Å². The van der Waals surface area contributed by atoms with Crippen molar-refractivity contribution in [2.24, 2.45) is 0 Å². The maximum atomic E-state index is 13.1. The summed E-state index contributed by atoms with van der Waals surface area (Å²) in [5, 5.41) is 3.51. The summed E-state index contributed by atoms with van der Waals surface area (Å²) in [4.78, 5) is 16.0. The highest BCUT2D eigenvalue weighted by Gasteiger charge is 2.34. The molecule has 9 heteroatoms. The lowest BCUT2D eigenvalue weighted by Crippen LogP contribution is -2.27. The number of nitrogens with zero attached hydrogens (tertiary/aromatic N) is 2. The molecule has 0 radical (unpaired) electrons. The average Bonchev–Trinajstić information content (AvgIpc) is 2.60. The zero-order valence-electron chi connectivity index (χ0n) is 13.6. The lowest BCUT2D eigenvalue weighted by Gasteiger charge is -2.16. The third-order valence-electron chi connectivity index (χ3n) is 3.67. The molecular weight excluding hydrogens is 402 g/mol. The number of benzene rings is 2. The summed E-state index contributed by atoms with van der Waals surface area (Å²) >= 11 is 11.9. The number of anilines is 2. The first kappa shape index (κ1) is 19.3. The van der Waals surface area contributed by atoms with Crippen molar-refractivity contribution >= 4 is 34.8 Å². The topological polar surface area (TPSA) is 46.9 Å². The molecule has 0 bridgehead atoms. The Kier molecular flexibility index (Phi) is 5.43. The second-order valence-corrected chi connectivity index (χ2v) is 6.46. The van der Waals surface area contributed by atoms with Crippen LogP contribution in [0.15, 0.2) is 59.4 Å². The quantitative estimate of drug-likeness (QED) is 0.625. The van der Waals surface area contributed by atoms with E-state index in [0.29, 0.717) is 22.3 Å². The third-order valence-corrected chi connectivity index (χ3v) is 4.25. The van der Waals surface area contributed by atoms with Gasteiger partial charge in [0.05, 0.1) is 17.3 Å². The number of aromatic nitrogens is 2. The minimum Gasteiger partial charge on any atom is -0.324 e. The number of hydrogen-bond donors (Lipinski definition) is 1. The van der Waals surface area contributed by atoms with Crippen molar-refractivity contribution in [3.05, 3.63) is 86.3 Å². The van der Waals surface area contributed by atoms with Gasteiger partial charge >= 0.3 is 6.18 Å². The number of rotatable bonds is 4. The van der Waals surface area contributed by atoms with Crippen LogP contribution in [0.2, 0.25) is 10.0 Å². The van der Waals surface area contributed by atoms with Gasteiger partial charge in [-0.2, -0.15) is 13.2 Å². The van der Waals surface area contributed by atoms with Gasteiger partial charge < -0.3 is 5.32 Å². The largest absolute Gasteiger partial charge is 0.433 e. The molecule has 27 heavy (non-hydrogen) atoms. The number of hydrogen-bond acceptors (Lipinski definition) is 3. The zero-order chi connectivity index (χ0) is 19.6. The highest BCUT2D eigenvalue weighted by molar-refractivity contribution is 6.33. The number of para-hydroxylation sites is 1. The molecule has 1 N–H and O–H groups in total. The van der Waals surface area contributed by atoms with Crippen molar-refractivity contribution in [3.8, 4) is 0 Å². The molecule has 0 aliphatic carbocycles. The van der Waals surface area contributed by atoms with Crippen molar-refractivity contribution in [2.45, 2.75) is 12.7 Å². The van der Waals surface area contributed by atoms with Crippen LogP contribution in [0, 0.1) is 0 Å². The van der Waals surface area contributed by atoms with Gasteiger partial charge in [-0.05, 0) is 29.8 Å². The highest BCUT2D eigenvalue weighted by Crippen LogP contribution is 2.29. The second kappa shape index (κ2) is 7.62. The molecule has 1 heterocycles. The van der Waals surface area contributed by atoms with Crippen LogP contribution in [0.4, 0.5) is 24.8 Å².